The number of aryl methyl sites for hydroxylation is 1. The Morgan fingerprint density at radius 2 is 2.00 bits per heavy atom. The molecule has 1 aromatic carbocycles. The van der Waals surface area contributed by atoms with Crippen molar-refractivity contribution in [3.63, 3.8) is 0 Å². The van der Waals surface area contributed by atoms with Crippen molar-refractivity contribution < 1.29 is 19.4 Å². The van der Waals surface area contributed by atoms with Gasteiger partial charge in [0.05, 0.1) is 25.4 Å². The van der Waals surface area contributed by atoms with Gasteiger partial charge >= 0.3 is 0 Å². The lowest BCUT2D eigenvalue weighted by Gasteiger charge is -2.11. The molecular weight excluding hydrogens is 248 g/mol. The Balaban J connectivity index is 2.54. The van der Waals surface area contributed by atoms with E-state index in [0.717, 1.165) is 5.56 Å². The van der Waals surface area contributed by atoms with E-state index in [2.05, 4.69) is 5.16 Å². The summed E-state index contributed by atoms with van der Waals surface area (Å²) >= 11 is 0. The van der Waals surface area contributed by atoms with Gasteiger partial charge in [0.2, 0.25) is 0 Å². The van der Waals surface area contributed by atoms with E-state index in [0.29, 0.717) is 37.7 Å². The molecule has 1 aromatic rings. The van der Waals surface area contributed by atoms with Crippen LogP contribution in [0.15, 0.2) is 23.4 Å². The maximum Gasteiger partial charge on any atom is 0.173 e. The highest BCUT2D eigenvalue weighted by Crippen LogP contribution is 2.20. The predicted octanol–water partition coefficient (Wildman–Crippen LogP) is 1.13. The molecule has 6 heteroatoms. The highest BCUT2D eigenvalue weighted by Gasteiger charge is 2.08. The Bertz CT molecular complexity index is 421. The first-order valence-corrected chi connectivity index (χ1v) is 5.97. The monoisotopic (exact) mass is 268 g/mol. The molecule has 0 saturated carbocycles. The van der Waals surface area contributed by atoms with E-state index in [1.54, 1.807) is 13.2 Å². The number of hydrogen-bond donors (Lipinski definition) is 2. The normalized spacial score (nSPS) is 11.6. The van der Waals surface area contributed by atoms with E-state index >= 15 is 0 Å². The van der Waals surface area contributed by atoms with Crippen molar-refractivity contribution in [2.75, 3.05) is 33.5 Å². The molecule has 0 aliphatic rings. The van der Waals surface area contributed by atoms with Gasteiger partial charge in [-0.1, -0.05) is 11.2 Å². The fourth-order valence-electron chi connectivity index (χ4n) is 1.47. The van der Waals surface area contributed by atoms with Crippen molar-refractivity contribution >= 4 is 5.84 Å². The van der Waals surface area contributed by atoms with Crippen LogP contribution < -0.4 is 10.5 Å². The third kappa shape index (κ3) is 5.15. The summed E-state index contributed by atoms with van der Waals surface area (Å²) in [4.78, 5) is 0. The van der Waals surface area contributed by atoms with Crippen LogP contribution in [0, 0.1) is 6.92 Å². The summed E-state index contributed by atoms with van der Waals surface area (Å²) < 4.78 is 15.7. The SMILES string of the molecule is COCCOCCOc1cc(C)ccc1/C(N)=N/O. The molecule has 19 heavy (non-hydrogen) atoms. The Labute approximate surface area is 112 Å². The number of nitrogens with two attached hydrogens (primary N) is 1. The van der Waals surface area contributed by atoms with Gasteiger partial charge in [-0.25, -0.2) is 0 Å². The first-order valence-electron chi connectivity index (χ1n) is 5.97. The van der Waals surface area contributed by atoms with Gasteiger partial charge in [-0.15, -0.1) is 0 Å². The van der Waals surface area contributed by atoms with Gasteiger partial charge in [0.25, 0.3) is 0 Å². The van der Waals surface area contributed by atoms with Gasteiger partial charge in [-0.2, -0.15) is 0 Å². The van der Waals surface area contributed by atoms with Crippen molar-refractivity contribution in [2.45, 2.75) is 6.92 Å². The summed E-state index contributed by atoms with van der Waals surface area (Å²) in [5, 5.41) is 11.7. The lowest BCUT2D eigenvalue weighted by atomic mass is 10.1. The van der Waals surface area contributed by atoms with Crippen LogP contribution in [0.25, 0.3) is 0 Å². The Morgan fingerprint density at radius 1 is 1.26 bits per heavy atom. The molecular formula is C13H20N2O4. The summed E-state index contributed by atoms with van der Waals surface area (Å²) in [6.07, 6.45) is 0. The molecule has 0 bridgehead atoms. The third-order valence-electron chi connectivity index (χ3n) is 2.44. The van der Waals surface area contributed by atoms with E-state index in [-0.39, 0.29) is 5.84 Å². The molecule has 0 unspecified atom stereocenters. The first-order chi connectivity index (χ1) is 9.19. The van der Waals surface area contributed by atoms with Crippen molar-refractivity contribution in [2.24, 2.45) is 10.9 Å². The van der Waals surface area contributed by atoms with Crippen LogP contribution in [0.3, 0.4) is 0 Å². The number of ether oxygens (including phenoxy) is 3. The fraction of sp³-hybridized carbons (Fsp3) is 0.462. The number of amidine groups is 1. The van der Waals surface area contributed by atoms with Crippen molar-refractivity contribution in [1.29, 1.82) is 0 Å². The summed E-state index contributed by atoms with van der Waals surface area (Å²) in [7, 11) is 1.62. The smallest absolute Gasteiger partial charge is 0.173 e. The van der Waals surface area contributed by atoms with E-state index in [1.165, 1.54) is 0 Å². The number of rotatable bonds is 8. The summed E-state index contributed by atoms with van der Waals surface area (Å²) in [5.74, 6) is 0.598. The van der Waals surface area contributed by atoms with Crippen LogP contribution >= 0.6 is 0 Å². The standard InChI is InChI=1S/C13H20N2O4/c1-10-3-4-11(13(14)15-16)12(9-10)19-8-7-18-6-5-17-2/h3-4,9,16H,5-8H2,1-2H3,(H2,14,15). The minimum atomic E-state index is 0.0234. The molecule has 0 heterocycles. The highest BCUT2D eigenvalue weighted by atomic mass is 16.5. The zero-order chi connectivity index (χ0) is 14.1. The molecule has 0 aromatic heterocycles. The number of methoxy groups -OCH3 is 1. The zero-order valence-corrected chi connectivity index (χ0v) is 11.3. The topological polar surface area (TPSA) is 86.3 Å². The number of nitrogens with zero attached hydrogens (tertiary/aromatic N) is 1. The average Bonchev–Trinajstić information content (AvgIpc) is 2.42. The maximum absolute atomic E-state index is 8.72. The molecule has 0 aliphatic heterocycles. The number of hydrogen-bond acceptors (Lipinski definition) is 5. The van der Waals surface area contributed by atoms with E-state index in [4.69, 9.17) is 25.2 Å². The van der Waals surface area contributed by atoms with Crippen molar-refractivity contribution in [1.82, 2.24) is 0 Å². The van der Waals surface area contributed by atoms with Crippen LogP contribution in [0.1, 0.15) is 11.1 Å². The van der Waals surface area contributed by atoms with Crippen LogP contribution in [0.4, 0.5) is 0 Å². The molecule has 0 saturated heterocycles. The van der Waals surface area contributed by atoms with Crippen LogP contribution in [-0.4, -0.2) is 44.6 Å². The quantitative estimate of drug-likeness (QED) is 0.243. The zero-order valence-electron chi connectivity index (χ0n) is 11.3. The third-order valence-corrected chi connectivity index (χ3v) is 2.44. The van der Waals surface area contributed by atoms with Gasteiger partial charge in [0, 0.05) is 7.11 Å². The van der Waals surface area contributed by atoms with Gasteiger partial charge in [-0.05, 0) is 24.6 Å². The van der Waals surface area contributed by atoms with Gasteiger partial charge in [-0.3, -0.25) is 0 Å². The second-order valence-corrected chi connectivity index (χ2v) is 3.94. The Morgan fingerprint density at radius 3 is 2.68 bits per heavy atom. The molecule has 1 rings (SSSR count). The molecule has 106 valence electrons. The lowest BCUT2D eigenvalue weighted by Crippen LogP contribution is -2.16. The lowest BCUT2D eigenvalue weighted by molar-refractivity contribution is 0.0544. The second-order valence-electron chi connectivity index (χ2n) is 3.94. The van der Waals surface area contributed by atoms with Gasteiger partial charge in [0.15, 0.2) is 5.84 Å². The van der Waals surface area contributed by atoms with Crippen LogP contribution in [-0.2, 0) is 9.47 Å². The minimum absolute atomic E-state index is 0.0234. The van der Waals surface area contributed by atoms with Crippen LogP contribution in [0.5, 0.6) is 5.75 Å². The number of oxime groups is 1. The molecule has 0 spiro atoms. The van der Waals surface area contributed by atoms with Gasteiger partial charge < -0.3 is 25.2 Å². The maximum atomic E-state index is 8.72. The Hall–Kier alpha value is -1.79. The molecule has 0 fully saturated rings. The van der Waals surface area contributed by atoms with E-state index < -0.39 is 0 Å². The molecule has 3 N–H and O–H groups in total. The first kappa shape index (κ1) is 15.3. The summed E-state index contributed by atoms with van der Waals surface area (Å²) in [5.41, 5.74) is 7.18. The second kappa shape index (κ2) is 8.34. The summed E-state index contributed by atoms with van der Waals surface area (Å²) in [6, 6.07) is 5.46. The highest BCUT2D eigenvalue weighted by molar-refractivity contribution is 5.99. The van der Waals surface area contributed by atoms with Crippen molar-refractivity contribution in [3.05, 3.63) is 29.3 Å². The predicted molar refractivity (Wildman–Crippen MR) is 71.9 cm³/mol. The van der Waals surface area contributed by atoms with E-state index in [9.17, 15) is 0 Å². The number of benzene rings is 1. The largest absolute Gasteiger partial charge is 0.490 e. The molecule has 0 radical (unpaired) electrons. The van der Waals surface area contributed by atoms with Crippen LogP contribution in [0.2, 0.25) is 0 Å². The summed E-state index contributed by atoms with van der Waals surface area (Å²) in [6.45, 7) is 3.87. The molecule has 0 atom stereocenters. The Kier molecular flexibility index (Phi) is 6.70. The molecule has 6 nitrogen and oxygen atoms in total. The molecule has 0 amide bonds. The molecule has 0 aliphatic carbocycles. The van der Waals surface area contributed by atoms with E-state index in [1.807, 2.05) is 19.1 Å². The van der Waals surface area contributed by atoms with Gasteiger partial charge in [0.1, 0.15) is 12.4 Å². The average molecular weight is 268 g/mol. The minimum Gasteiger partial charge on any atom is -0.490 e. The van der Waals surface area contributed by atoms with Crippen molar-refractivity contribution in [3.8, 4) is 5.75 Å². The fourth-order valence-corrected chi connectivity index (χ4v) is 1.47.